The van der Waals surface area contributed by atoms with E-state index in [0.29, 0.717) is 5.88 Å². The van der Waals surface area contributed by atoms with E-state index in [0.717, 1.165) is 12.7 Å². The quantitative estimate of drug-likeness (QED) is 0.689. The number of rotatable bonds is 1. The minimum atomic E-state index is -0.351. The number of ether oxygens (including phenoxy) is 1. The molecule has 2 heterocycles. The van der Waals surface area contributed by atoms with Crippen LogP contribution in [-0.2, 0) is 0 Å². The highest BCUT2D eigenvalue weighted by molar-refractivity contribution is 5.58. The third-order valence-corrected chi connectivity index (χ3v) is 1.66. The van der Waals surface area contributed by atoms with Crippen molar-refractivity contribution in [2.45, 2.75) is 12.8 Å². The van der Waals surface area contributed by atoms with E-state index < -0.39 is 0 Å². The third-order valence-electron chi connectivity index (χ3n) is 1.66. The van der Waals surface area contributed by atoms with E-state index in [1.807, 2.05) is 6.21 Å². The number of aromatic nitrogens is 1. The molecule has 1 aromatic rings. The number of aliphatic imine (C=N–C) groups is 1. The van der Waals surface area contributed by atoms with Crippen LogP contribution in [0.4, 0.5) is 4.39 Å². The average molecular weight is 196 g/mol. The summed E-state index contributed by atoms with van der Waals surface area (Å²) in [6.07, 6.45) is 5.58. The Bertz CT molecular complexity index is 279. The summed E-state index contributed by atoms with van der Waals surface area (Å²) in [5.41, 5.74) is 0. The number of methoxy groups -OCH3 is 1. The zero-order valence-electron chi connectivity index (χ0n) is 8.11. The van der Waals surface area contributed by atoms with Gasteiger partial charge in [-0.15, -0.1) is 0 Å². The maximum atomic E-state index is 12.1. The van der Waals surface area contributed by atoms with Crippen LogP contribution >= 0.6 is 0 Å². The average Bonchev–Trinajstić information content (AvgIpc) is 2.77. The van der Waals surface area contributed by atoms with E-state index in [1.165, 1.54) is 32.1 Å². The molecule has 1 aliphatic heterocycles. The van der Waals surface area contributed by atoms with Crippen molar-refractivity contribution in [2.75, 3.05) is 13.7 Å². The second kappa shape index (κ2) is 6.07. The third kappa shape index (κ3) is 3.98. The summed E-state index contributed by atoms with van der Waals surface area (Å²) in [5.74, 6) is 0.0761. The van der Waals surface area contributed by atoms with Crippen molar-refractivity contribution in [3.8, 4) is 5.88 Å². The maximum Gasteiger partial charge on any atom is 0.213 e. The van der Waals surface area contributed by atoms with Crippen LogP contribution < -0.4 is 4.74 Å². The first kappa shape index (κ1) is 10.6. The van der Waals surface area contributed by atoms with Crippen LogP contribution in [0.5, 0.6) is 5.88 Å². The molecule has 0 aromatic carbocycles. The summed E-state index contributed by atoms with van der Waals surface area (Å²) in [4.78, 5) is 7.56. The normalized spacial score (nSPS) is 13.3. The maximum absolute atomic E-state index is 12.1. The zero-order valence-corrected chi connectivity index (χ0v) is 8.11. The van der Waals surface area contributed by atoms with E-state index >= 15 is 0 Å². The lowest BCUT2D eigenvalue weighted by Gasteiger charge is -1.94. The highest BCUT2D eigenvalue weighted by atomic mass is 19.1. The molecule has 1 aromatic heterocycles. The van der Waals surface area contributed by atoms with E-state index in [1.54, 1.807) is 0 Å². The van der Waals surface area contributed by atoms with Crippen molar-refractivity contribution in [3.05, 3.63) is 24.1 Å². The molecule has 14 heavy (non-hydrogen) atoms. The molecule has 0 unspecified atom stereocenters. The molecule has 0 spiro atoms. The number of pyridine rings is 1. The summed E-state index contributed by atoms with van der Waals surface area (Å²) < 4.78 is 16.8. The lowest BCUT2D eigenvalue weighted by Crippen LogP contribution is -1.86. The zero-order chi connectivity index (χ0) is 10.2. The molecular formula is C10H13FN2O. The van der Waals surface area contributed by atoms with Gasteiger partial charge in [0.2, 0.25) is 5.88 Å². The van der Waals surface area contributed by atoms with Crippen LogP contribution in [0.25, 0.3) is 0 Å². The lowest BCUT2D eigenvalue weighted by molar-refractivity contribution is 0.396. The molecule has 76 valence electrons. The Kier molecular flexibility index (Phi) is 4.61. The van der Waals surface area contributed by atoms with Gasteiger partial charge in [-0.25, -0.2) is 9.37 Å². The first-order chi connectivity index (χ1) is 6.83. The fraction of sp³-hybridized carbons (Fsp3) is 0.400. The predicted molar refractivity (Wildman–Crippen MR) is 53.3 cm³/mol. The first-order valence-electron chi connectivity index (χ1n) is 4.47. The second-order valence-electron chi connectivity index (χ2n) is 2.75. The Hall–Kier alpha value is -1.45. The van der Waals surface area contributed by atoms with Gasteiger partial charge in [-0.3, -0.25) is 4.99 Å². The van der Waals surface area contributed by atoms with Crippen molar-refractivity contribution >= 4 is 6.21 Å². The summed E-state index contributed by atoms with van der Waals surface area (Å²) in [6, 6.07) is 2.77. The van der Waals surface area contributed by atoms with Gasteiger partial charge in [0.1, 0.15) is 5.82 Å². The summed E-state index contributed by atoms with van der Waals surface area (Å²) in [7, 11) is 1.49. The molecule has 0 N–H and O–H groups in total. The number of hydrogen-bond acceptors (Lipinski definition) is 3. The van der Waals surface area contributed by atoms with E-state index in [-0.39, 0.29) is 5.82 Å². The molecule has 0 amide bonds. The molecule has 3 nitrogen and oxygen atoms in total. The molecule has 0 saturated carbocycles. The summed E-state index contributed by atoms with van der Waals surface area (Å²) in [5, 5.41) is 0. The van der Waals surface area contributed by atoms with Crippen LogP contribution in [0.15, 0.2) is 23.3 Å². The van der Waals surface area contributed by atoms with Crippen molar-refractivity contribution in [1.29, 1.82) is 0 Å². The summed E-state index contributed by atoms with van der Waals surface area (Å²) in [6.45, 7) is 1.07. The second-order valence-corrected chi connectivity index (χ2v) is 2.75. The molecule has 0 aliphatic carbocycles. The van der Waals surface area contributed by atoms with Gasteiger partial charge in [0, 0.05) is 12.6 Å². The van der Waals surface area contributed by atoms with Crippen LogP contribution in [0.2, 0.25) is 0 Å². The summed E-state index contributed by atoms with van der Waals surface area (Å²) >= 11 is 0. The van der Waals surface area contributed by atoms with Crippen molar-refractivity contribution in [1.82, 2.24) is 4.98 Å². The van der Waals surface area contributed by atoms with Gasteiger partial charge >= 0.3 is 0 Å². The van der Waals surface area contributed by atoms with Crippen LogP contribution in [-0.4, -0.2) is 24.9 Å². The van der Waals surface area contributed by atoms with E-state index in [9.17, 15) is 4.39 Å². The Morgan fingerprint density at radius 1 is 1.43 bits per heavy atom. The minimum absolute atomic E-state index is 0.351. The fourth-order valence-electron chi connectivity index (χ4n) is 0.939. The largest absolute Gasteiger partial charge is 0.481 e. The van der Waals surface area contributed by atoms with Gasteiger partial charge in [0.05, 0.1) is 13.3 Å². The van der Waals surface area contributed by atoms with Gasteiger partial charge in [-0.2, -0.15) is 0 Å². The number of hydrogen-bond donors (Lipinski definition) is 0. The van der Waals surface area contributed by atoms with E-state index in [4.69, 9.17) is 4.74 Å². The molecular weight excluding hydrogens is 183 g/mol. The van der Waals surface area contributed by atoms with Crippen molar-refractivity contribution < 1.29 is 9.13 Å². The van der Waals surface area contributed by atoms with Crippen LogP contribution in [0.1, 0.15) is 12.8 Å². The fourth-order valence-corrected chi connectivity index (χ4v) is 0.939. The van der Waals surface area contributed by atoms with Gasteiger partial charge < -0.3 is 4.74 Å². The van der Waals surface area contributed by atoms with Gasteiger partial charge in [0.15, 0.2) is 0 Å². The molecule has 2 rings (SSSR count). The predicted octanol–water partition coefficient (Wildman–Crippen LogP) is 2.08. The first-order valence-corrected chi connectivity index (χ1v) is 4.47. The number of halogens is 1. The molecule has 4 heteroatoms. The molecule has 1 aliphatic rings. The van der Waals surface area contributed by atoms with Gasteiger partial charge in [-0.05, 0) is 25.1 Å². The van der Waals surface area contributed by atoms with Gasteiger partial charge in [0.25, 0.3) is 0 Å². The molecule has 0 fully saturated rings. The molecule has 0 saturated heterocycles. The van der Waals surface area contributed by atoms with Crippen LogP contribution in [0.3, 0.4) is 0 Å². The standard InChI is InChI=1S/C6H6FNO.C4H7N/c1-9-6-3-2-5(7)4-8-6;1-2-4-5-3-1/h2-4H,1H3;3H,1-2,4H2. The Morgan fingerprint density at radius 2 is 2.29 bits per heavy atom. The Morgan fingerprint density at radius 3 is 2.64 bits per heavy atom. The molecule has 0 bridgehead atoms. The highest BCUT2D eigenvalue weighted by Gasteiger charge is 1.90. The van der Waals surface area contributed by atoms with Crippen molar-refractivity contribution in [3.63, 3.8) is 0 Å². The molecule has 0 atom stereocenters. The van der Waals surface area contributed by atoms with Gasteiger partial charge in [-0.1, -0.05) is 0 Å². The monoisotopic (exact) mass is 196 g/mol. The Labute approximate surface area is 82.7 Å². The van der Waals surface area contributed by atoms with E-state index in [2.05, 4.69) is 9.98 Å². The number of nitrogens with zero attached hydrogens (tertiary/aromatic N) is 2. The lowest BCUT2D eigenvalue weighted by atomic mass is 10.4. The van der Waals surface area contributed by atoms with Crippen molar-refractivity contribution in [2.24, 2.45) is 4.99 Å². The minimum Gasteiger partial charge on any atom is -0.481 e. The topological polar surface area (TPSA) is 34.5 Å². The van der Waals surface area contributed by atoms with Crippen LogP contribution in [0, 0.1) is 5.82 Å². The smallest absolute Gasteiger partial charge is 0.213 e. The highest BCUT2D eigenvalue weighted by Crippen LogP contribution is 2.03. The SMILES string of the molecule is C1=NCCC1.COc1ccc(F)cn1. The molecule has 0 radical (unpaired) electrons. The Balaban J connectivity index is 0.000000165.